The smallest absolute Gasteiger partial charge is 0.222 e. The van der Waals surface area contributed by atoms with Gasteiger partial charge in [0.15, 0.2) is 0 Å². The Labute approximate surface area is 94.6 Å². The molecule has 1 aromatic heterocycles. The van der Waals surface area contributed by atoms with Crippen molar-refractivity contribution in [3.05, 3.63) is 23.9 Å². The van der Waals surface area contributed by atoms with Gasteiger partial charge in [-0.15, -0.1) is 0 Å². The fourth-order valence-electron chi connectivity index (χ4n) is 1.87. The highest BCUT2D eigenvalue weighted by atomic mass is 16.2. The number of nitrogens with one attached hydrogen (secondary N) is 1. The van der Waals surface area contributed by atoms with Crippen LogP contribution in [0.4, 0.5) is 5.82 Å². The molecule has 0 atom stereocenters. The molecule has 1 aliphatic heterocycles. The second-order valence-corrected chi connectivity index (χ2v) is 3.93. The third-order valence-electron chi connectivity index (χ3n) is 2.73. The van der Waals surface area contributed by atoms with Crippen molar-refractivity contribution < 1.29 is 4.79 Å². The second kappa shape index (κ2) is 4.94. The molecule has 1 fully saturated rings. The average molecular weight is 220 g/mol. The number of hydrogen-bond donors (Lipinski definition) is 2. The Morgan fingerprint density at radius 3 is 3.06 bits per heavy atom. The Morgan fingerprint density at radius 2 is 2.31 bits per heavy atom. The molecule has 1 aliphatic rings. The van der Waals surface area contributed by atoms with Gasteiger partial charge >= 0.3 is 0 Å². The zero-order chi connectivity index (χ0) is 11.4. The predicted molar refractivity (Wildman–Crippen MR) is 61.3 cm³/mol. The Hall–Kier alpha value is -1.62. The standard InChI is InChI=1S/C11H16N4O/c12-14-10-5-3-4-9(13-10)8-15-7-2-1-6-11(15)16/h3-5H,1-2,6-8,12H2,(H,13,14). The maximum Gasteiger partial charge on any atom is 0.222 e. The summed E-state index contributed by atoms with van der Waals surface area (Å²) in [5.41, 5.74) is 3.37. The van der Waals surface area contributed by atoms with Gasteiger partial charge in [-0.25, -0.2) is 10.8 Å². The molecule has 2 heterocycles. The molecule has 1 aromatic rings. The highest BCUT2D eigenvalue weighted by Gasteiger charge is 2.18. The summed E-state index contributed by atoms with van der Waals surface area (Å²) in [6.45, 7) is 1.41. The molecule has 86 valence electrons. The molecule has 0 spiro atoms. The lowest BCUT2D eigenvalue weighted by molar-refractivity contribution is -0.133. The summed E-state index contributed by atoms with van der Waals surface area (Å²) >= 11 is 0. The van der Waals surface area contributed by atoms with E-state index in [0.29, 0.717) is 18.8 Å². The number of anilines is 1. The highest BCUT2D eigenvalue weighted by molar-refractivity contribution is 5.76. The molecule has 1 saturated heterocycles. The van der Waals surface area contributed by atoms with Crippen LogP contribution in [-0.2, 0) is 11.3 Å². The summed E-state index contributed by atoms with van der Waals surface area (Å²) in [6, 6.07) is 5.58. The van der Waals surface area contributed by atoms with Crippen LogP contribution in [0.2, 0.25) is 0 Å². The van der Waals surface area contributed by atoms with Crippen molar-refractivity contribution in [1.82, 2.24) is 9.88 Å². The minimum absolute atomic E-state index is 0.221. The SMILES string of the molecule is NNc1cccc(CN2CCCCC2=O)n1. The van der Waals surface area contributed by atoms with E-state index in [2.05, 4.69) is 10.4 Å². The van der Waals surface area contributed by atoms with Crippen molar-refractivity contribution >= 4 is 11.7 Å². The van der Waals surface area contributed by atoms with Crippen LogP contribution in [0.3, 0.4) is 0 Å². The van der Waals surface area contributed by atoms with Crippen LogP contribution < -0.4 is 11.3 Å². The highest BCUT2D eigenvalue weighted by Crippen LogP contribution is 2.14. The maximum atomic E-state index is 11.6. The van der Waals surface area contributed by atoms with Crippen molar-refractivity contribution in [2.75, 3.05) is 12.0 Å². The number of nitrogens with zero attached hydrogens (tertiary/aromatic N) is 2. The molecule has 5 heteroatoms. The number of carbonyl (C=O) groups is 1. The third kappa shape index (κ3) is 2.49. The minimum Gasteiger partial charge on any atom is -0.337 e. The normalized spacial score (nSPS) is 16.3. The van der Waals surface area contributed by atoms with Gasteiger partial charge in [-0.1, -0.05) is 6.07 Å². The van der Waals surface area contributed by atoms with E-state index < -0.39 is 0 Å². The first-order valence-electron chi connectivity index (χ1n) is 5.50. The number of pyridine rings is 1. The van der Waals surface area contributed by atoms with E-state index in [9.17, 15) is 4.79 Å². The molecular formula is C11H16N4O. The van der Waals surface area contributed by atoms with E-state index in [-0.39, 0.29) is 5.91 Å². The molecule has 0 aromatic carbocycles. The molecule has 5 nitrogen and oxygen atoms in total. The van der Waals surface area contributed by atoms with Crippen LogP contribution in [0.5, 0.6) is 0 Å². The number of hydrazine groups is 1. The zero-order valence-electron chi connectivity index (χ0n) is 9.15. The van der Waals surface area contributed by atoms with E-state index in [0.717, 1.165) is 25.1 Å². The van der Waals surface area contributed by atoms with Crippen LogP contribution >= 0.6 is 0 Å². The maximum absolute atomic E-state index is 11.6. The first kappa shape index (κ1) is 10.9. The van der Waals surface area contributed by atoms with Gasteiger partial charge in [0, 0.05) is 13.0 Å². The Kier molecular flexibility index (Phi) is 3.36. The Balaban J connectivity index is 2.04. The van der Waals surface area contributed by atoms with Crippen LogP contribution in [0.25, 0.3) is 0 Å². The second-order valence-electron chi connectivity index (χ2n) is 3.93. The van der Waals surface area contributed by atoms with Crippen molar-refractivity contribution in [3.63, 3.8) is 0 Å². The van der Waals surface area contributed by atoms with Crippen LogP contribution in [-0.4, -0.2) is 22.3 Å². The van der Waals surface area contributed by atoms with Crippen LogP contribution in [0.15, 0.2) is 18.2 Å². The zero-order valence-corrected chi connectivity index (χ0v) is 9.15. The van der Waals surface area contributed by atoms with Crippen molar-refractivity contribution in [2.45, 2.75) is 25.8 Å². The van der Waals surface area contributed by atoms with E-state index in [1.165, 1.54) is 0 Å². The van der Waals surface area contributed by atoms with Gasteiger partial charge in [-0.2, -0.15) is 0 Å². The van der Waals surface area contributed by atoms with Gasteiger partial charge in [0.2, 0.25) is 5.91 Å². The summed E-state index contributed by atoms with van der Waals surface area (Å²) < 4.78 is 0. The van der Waals surface area contributed by atoms with Gasteiger partial charge < -0.3 is 10.3 Å². The molecule has 0 radical (unpaired) electrons. The average Bonchev–Trinajstić information content (AvgIpc) is 2.32. The lowest BCUT2D eigenvalue weighted by atomic mass is 10.1. The van der Waals surface area contributed by atoms with Crippen LogP contribution in [0, 0.1) is 0 Å². The van der Waals surface area contributed by atoms with Gasteiger partial charge in [-0.3, -0.25) is 4.79 Å². The molecule has 0 unspecified atom stereocenters. The molecule has 0 bridgehead atoms. The topological polar surface area (TPSA) is 71.2 Å². The lowest BCUT2D eigenvalue weighted by Crippen LogP contribution is -2.34. The van der Waals surface area contributed by atoms with Gasteiger partial charge in [-0.05, 0) is 25.0 Å². The van der Waals surface area contributed by atoms with Crippen molar-refractivity contribution in [2.24, 2.45) is 5.84 Å². The molecule has 0 aliphatic carbocycles. The number of likely N-dealkylation sites (tertiary alicyclic amines) is 1. The first-order valence-corrected chi connectivity index (χ1v) is 5.50. The monoisotopic (exact) mass is 220 g/mol. The number of aromatic nitrogens is 1. The first-order chi connectivity index (χ1) is 7.79. The summed E-state index contributed by atoms with van der Waals surface area (Å²) in [6.07, 6.45) is 2.75. The van der Waals surface area contributed by atoms with Gasteiger partial charge in [0.05, 0.1) is 12.2 Å². The molecule has 3 N–H and O–H groups in total. The predicted octanol–water partition coefficient (Wildman–Crippen LogP) is 0.880. The number of rotatable bonds is 3. The number of amides is 1. The Morgan fingerprint density at radius 1 is 1.44 bits per heavy atom. The van der Waals surface area contributed by atoms with Crippen molar-refractivity contribution in [3.8, 4) is 0 Å². The number of hydrogen-bond acceptors (Lipinski definition) is 4. The van der Waals surface area contributed by atoms with E-state index >= 15 is 0 Å². The van der Waals surface area contributed by atoms with E-state index in [4.69, 9.17) is 5.84 Å². The molecule has 1 amide bonds. The van der Waals surface area contributed by atoms with E-state index in [1.54, 1.807) is 6.07 Å². The summed E-state index contributed by atoms with van der Waals surface area (Å²) in [5, 5.41) is 0. The fraction of sp³-hybridized carbons (Fsp3) is 0.455. The van der Waals surface area contributed by atoms with Crippen molar-refractivity contribution in [1.29, 1.82) is 0 Å². The molecule has 0 saturated carbocycles. The van der Waals surface area contributed by atoms with Gasteiger partial charge in [0.25, 0.3) is 0 Å². The Bertz CT molecular complexity index is 380. The van der Waals surface area contributed by atoms with E-state index in [1.807, 2.05) is 17.0 Å². The number of nitrogens with two attached hydrogens (primary N) is 1. The summed E-state index contributed by atoms with van der Waals surface area (Å²) in [5.74, 6) is 6.13. The number of carbonyl (C=O) groups excluding carboxylic acids is 1. The molecule has 16 heavy (non-hydrogen) atoms. The summed E-state index contributed by atoms with van der Waals surface area (Å²) in [7, 11) is 0. The van der Waals surface area contributed by atoms with Crippen LogP contribution in [0.1, 0.15) is 25.0 Å². The molecular weight excluding hydrogens is 204 g/mol. The van der Waals surface area contributed by atoms with Gasteiger partial charge in [0.1, 0.15) is 5.82 Å². The third-order valence-corrected chi connectivity index (χ3v) is 2.73. The quantitative estimate of drug-likeness (QED) is 0.586. The minimum atomic E-state index is 0.221. The lowest BCUT2D eigenvalue weighted by Gasteiger charge is -2.26. The largest absolute Gasteiger partial charge is 0.337 e. The molecule has 2 rings (SSSR count). The number of nitrogen functional groups attached to an aromatic ring is 1. The number of piperidine rings is 1. The summed E-state index contributed by atoms with van der Waals surface area (Å²) in [4.78, 5) is 17.8. The fourth-order valence-corrected chi connectivity index (χ4v) is 1.87.